The standard InChI is InChI=1S/C20H24ClN3O/c1-16-5-4-7-18(13-16)23-9-11-24(12-10-23)20(25)15-22-14-17-6-2-3-8-19(17)21/h2-8,13,22H,9-12,14-15H2,1H3. The van der Waals surface area contributed by atoms with Crippen LogP contribution in [0.2, 0.25) is 5.02 Å². The van der Waals surface area contributed by atoms with Gasteiger partial charge in [0, 0.05) is 43.4 Å². The highest BCUT2D eigenvalue weighted by Crippen LogP contribution is 2.18. The highest BCUT2D eigenvalue weighted by Gasteiger charge is 2.20. The average Bonchev–Trinajstić information content (AvgIpc) is 2.63. The van der Waals surface area contributed by atoms with Gasteiger partial charge in [0.15, 0.2) is 0 Å². The molecule has 2 aromatic carbocycles. The van der Waals surface area contributed by atoms with Crippen LogP contribution in [0.1, 0.15) is 11.1 Å². The number of benzene rings is 2. The number of nitrogens with zero attached hydrogens (tertiary/aromatic N) is 2. The van der Waals surface area contributed by atoms with Gasteiger partial charge in [-0.3, -0.25) is 4.79 Å². The van der Waals surface area contributed by atoms with Crippen molar-refractivity contribution in [2.45, 2.75) is 13.5 Å². The molecule has 1 fully saturated rings. The van der Waals surface area contributed by atoms with Crippen molar-refractivity contribution in [3.63, 3.8) is 0 Å². The molecule has 1 aliphatic heterocycles. The molecule has 0 aromatic heterocycles. The second-order valence-corrected chi connectivity index (χ2v) is 6.81. The van der Waals surface area contributed by atoms with Crippen LogP contribution >= 0.6 is 11.6 Å². The van der Waals surface area contributed by atoms with Crippen molar-refractivity contribution < 1.29 is 4.79 Å². The molecule has 132 valence electrons. The van der Waals surface area contributed by atoms with Crippen molar-refractivity contribution in [2.24, 2.45) is 0 Å². The minimum atomic E-state index is 0.149. The molecule has 1 amide bonds. The number of carbonyl (C=O) groups excluding carboxylic acids is 1. The summed E-state index contributed by atoms with van der Waals surface area (Å²) in [4.78, 5) is 16.7. The molecule has 1 heterocycles. The minimum absolute atomic E-state index is 0.149. The molecular weight excluding hydrogens is 334 g/mol. The lowest BCUT2D eigenvalue weighted by molar-refractivity contribution is -0.130. The summed E-state index contributed by atoms with van der Waals surface area (Å²) in [5.41, 5.74) is 3.52. The number of nitrogens with one attached hydrogen (secondary N) is 1. The molecule has 5 heteroatoms. The number of piperazine rings is 1. The van der Waals surface area contributed by atoms with Crippen molar-refractivity contribution in [3.05, 3.63) is 64.7 Å². The van der Waals surface area contributed by atoms with E-state index in [1.807, 2.05) is 29.2 Å². The third-order valence-electron chi connectivity index (χ3n) is 4.55. The van der Waals surface area contributed by atoms with Crippen molar-refractivity contribution in [3.8, 4) is 0 Å². The van der Waals surface area contributed by atoms with E-state index in [0.29, 0.717) is 13.1 Å². The number of rotatable bonds is 5. The van der Waals surface area contributed by atoms with E-state index < -0.39 is 0 Å². The Hall–Kier alpha value is -2.04. The van der Waals surface area contributed by atoms with Gasteiger partial charge in [-0.1, -0.05) is 41.9 Å². The Labute approximate surface area is 154 Å². The maximum Gasteiger partial charge on any atom is 0.236 e. The Morgan fingerprint density at radius 2 is 1.84 bits per heavy atom. The van der Waals surface area contributed by atoms with Gasteiger partial charge < -0.3 is 15.1 Å². The maximum absolute atomic E-state index is 12.4. The molecule has 1 saturated heterocycles. The van der Waals surface area contributed by atoms with E-state index in [2.05, 4.69) is 41.4 Å². The zero-order chi connectivity index (χ0) is 17.6. The number of aryl methyl sites for hydroxylation is 1. The summed E-state index contributed by atoms with van der Waals surface area (Å²) in [6, 6.07) is 16.2. The fourth-order valence-electron chi connectivity index (χ4n) is 3.10. The average molecular weight is 358 g/mol. The summed E-state index contributed by atoms with van der Waals surface area (Å²) in [5, 5.41) is 3.93. The highest BCUT2D eigenvalue weighted by atomic mass is 35.5. The van der Waals surface area contributed by atoms with Gasteiger partial charge >= 0.3 is 0 Å². The molecule has 1 N–H and O–H groups in total. The van der Waals surface area contributed by atoms with Crippen LogP contribution in [0, 0.1) is 6.92 Å². The number of anilines is 1. The van der Waals surface area contributed by atoms with E-state index in [1.54, 1.807) is 0 Å². The number of carbonyl (C=O) groups is 1. The van der Waals surface area contributed by atoms with Crippen LogP contribution in [0.4, 0.5) is 5.69 Å². The van der Waals surface area contributed by atoms with E-state index >= 15 is 0 Å². The monoisotopic (exact) mass is 357 g/mol. The third-order valence-corrected chi connectivity index (χ3v) is 4.92. The molecule has 0 spiro atoms. The van der Waals surface area contributed by atoms with Gasteiger partial charge in [0.1, 0.15) is 0 Å². The van der Waals surface area contributed by atoms with Crippen LogP contribution in [0.25, 0.3) is 0 Å². The number of amides is 1. The van der Waals surface area contributed by atoms with Gasteiger partial charge in [0.2, 0.25) is 5.91 Å². The van der Waals surface area contributed by atoms with Crippen molar-refractivity contribution >= 4 is 23.2 Å². The third kappa shape index (κ3) is 4.74. The molecule has 0 unspecified atom stereocenters. The van der Waals surface area contributed by atoms with Gasteiger partial charge in [-0.2, -0.15) is 0 Å². The number of hydrogen-bond donors (Lipinski definition) is 1. The van der Waals surface area contributed by atoms with Crippen molar-refractivity contribution in [1.29, 1.82) is 0 Å². The molecule has 0 bridgehead atoms. The summed E-state index contributed by atoms with van der Waals surface area (Å²) in [5.74, 6) is 0.149. The first-order valence-electron chi connectivity index (χ1n) is 8.67. The second kappa shape index (κ2) is 8.37. The molecule has 1 aliphatic rings. The summed E-state index contributed by atoms with van der Waals surface area (Å²) >= 11 is 6.13. The quantitative estimate of drug-likeness (QED) is 0.893. The summed E-state index contributed by atoms with van der Waals surface area (Å²) in [6.45, 7) is 6.33. The van der Waals surface area contributed by atoms with Crippen LogP contribution in [0.5, 0.6) is 0 Å². The Kier molecular flexibility index (Phi) is 5.95. The number of halogens is 1. The van der Waals surface area contributed by atoms with Crippen LogP contribution in [-0.4, -0.2) is 43.5 Å². The fraction of sp³-hybridized carbons (Fsp3) is 0.350. The van der Waals surface area contributed by atoms with E-state index in [1.165, 1.54) is 11.3 Å². The Bertz CT molecular complexity index is 726. The molecular formula is C20H24ClN3O. The predicted molar refractivity (Wildman–Crippen MR) is 103 cm³/mol. The predicted octanol–water partition coefficient (Wildman–Crippen LogP) is 3.09. The molecule has 0 saturated carbocycles. The smallest absolute Gasteiger partial charge is 0.236 e. The highest BCUT2D eigenvalue weighted by molar-refractivity contribution is 6.31. The minimum Gasteiger partial charge on any atom is -0.368 e. The van der Waals surface area contributed by atoms with Crippen molar-refractivity contribution in [2.75, 3.05) is 37.6 Å². The lowest BCUT2D eigenvalue weighted by Crippen LogP contribution is -2.50. The summed E-state index contributed by atoms with van der Waals surface area (Å²) in [6.07, 6.45) is 0. The van der Waals surface area contributed by atoms with Crippen LogP contribution < -0.4 is 10.2 Å². The maximum atomic E-state index is 12.4. The van der Waals surface area contributed by atoms with Gasteiger partial charge in [-0.05, 0) is 36.2 Å². The van der Waals surface area contributed by atoms with Crippen LogP contribution in [0.3, 0.4) is 0 Å². The first-order valence-corrected chi connectivity index (χ1v) is 9.05. The van der Waals surface area contributed by atoms with Crippen molar-refractivity contribution in [1.82, 2.24) is 10.2 Å². The lowest BCUT2D eigenvalue weighted by atomic mass is 10.2. The summed E-state index contributed by atoms with van der Waals surface area (Å²) in [7, 11) is 0. The van der Waals surface area contributed by atoms with E-state index in [-0.39, 0.29) is 5.91 Å². The lowest BCUT2D eigenvalue weighted by Gasteiger charge is -2.36. The normalized spacial score (nSPS) is 14.6. The van der Waals surface area contributed by atoms with Gasteiger partial charge in [-0.15, -0.1) is 0 Å². The van der Waals surface area contributed by atoms with E-state index in [4.69, 9.17) is 11.6 Å². The molecule has 0 aliphatic carbocycles. The zero-order valence-corrected chi connectivity index (χ0v) is 15.3. The first-order chi connectivity index (χ1) is 12.1. The van der Waals surface area contributed by atoms with Gasteiger partial charge in [0.25, 0.3) is 0 Å². The molecule has 25 heavy (non-hydrogen) atoms. The Morgan fingerprint density at radius 1 is 1.08 bits per heavy atom. The SMILES string of the molecule is Cc1cccc(N2CCN(C(=O)CNCc3ccccc3Cl)CC2)c1. The molecule has 3 rings (SSSR count). The molecule has 0 atom stereocenters. The molecule has 4 nitrogen and oxygen atoms in total. The van der Waals surface area contributed by atoms with E-state index in [9.17, 15) is 4.79 Å². The van der Waals surface area contributed by atoms with Crippen LogP contribution in [-0.2, 0) is 11.3 Å². The first kappa shape index (κ1) is 17.8. The van der Waals surface area contributed by atoms with Crippen LogP contribution in [0.15, 0.2) is 48.5 Å². The Morgan fingerprint density at radius 3 is 2.56 bits per heavy atom. The number of hydrogen-bond acceptors (Lipinski definition) is 3. The Balaban J connectivity index is 1.45. The molecule has 2 aromatic rings. The second-order valence-electron chi connectivity index (χ2n) is 6.40. The molecule has 0 radical (unpaired) electrons. The zero-order valence-electron chi connectivity index (χ0n) is 14.5. The fourth-order valence-corrected chi connectivity index (χ4v) is 3.30. The van der Waals surface area contributed by atoms with Gasteiger partial charge in [0.05, 0.1) is 6.54 Å². The summed E-state index contributed by atoms with van der Waals surface area (Å²) < 4.78 is 0. The topological polar surface area (TPSA) is 35.6 Å². The van der Waals surface area contributed by atoms with Gasteiger partial charge in [-0.25, -0.2) is 0 Å². The van der Waals surface area contributed by atoms with E-state index in [0.717, 1.165) is 36.8 Å². The largest absolute Gasteiger partial charge is 0.368 e.